The molecule has 1 aromatic carbocycles. The average Bonchev–Trinajstić information content (AvgIpc) is 3.04. The summed E-state index contributed by atoms with van der Waals surface area (Å²) in [5.74, 6) is 0.141. The summed E-state index contributed by atoms with van der Waals surface area (Å²) in [5, 5.41) is 0. The Morgan fingerprint density at radius 3 is 2.40 bits per heavy atom. The lowest BCUT2D eigenvalue weighted by Crippen LogP contribution is -1.97. The van der Waals surface area contributed by atoms with E-state index >= 15 is 0 Å². The number of nitrogens with zero attached hydrogens (tertiary/aromatic N) is 4. The van der Waals surface area contributed by atoms with Crippen molar-refractivity contribution < 1.29 is 13.5 Å². The van der Waals surface area contributed by atoms with Crippen molar-refractivity contribution in [3.8, 4) is 17.0 Å². The minimum atomic E-state index is -0.419. The van der Waals surface area contributed by atoms with E-state index in [-0.39, 0.29) is 12.4 Å². The fourth-order valence-corrected chi connectivity index (χ4v) is 2.39. The van der Waals surface area contributed by atoms with Crippen LogP contribution in [0, 0.1) is 11.6 Å². The van der Waals surface area contributed by atoms with Gasteiger partial charge in [-0.25, -0.2) is 23.7 Å². The number of hydrogen-bond donors (Lipinski definition) is 0. The van der Waals surface area contributed by atoms with Gasteiger partial charge in [0.05, 0.1) is 11.9 Å². The Morgan fingerprint density at radius 1 is 0.840 bits per heavy atom. The lowest BCUT2D eigenvalue weighted by molar-refractivity contribution is 0.289. The minimum absolute atomic E-state index is 0.188. The SMILES string of the molecule is Fc1ccc(-c2cnc3nc(COc4ccc(F)cn4)cn3c2)cc1. The Morgan fingerprint density at radius 2 is 1.64 bits per heavy atom. The van der Waals surface area contributed by atoms with E-state index in [1.165, 1.54) is 24.3 Å². The van der Waals surface area contributed by atoms with Crippen LogP contribution in [-0.4, -0.2) is 19.4 Å². The number of imidazole rings is 1. The Balaban J connectivity index is 1.55. The maximum atomic E-state index is 13.0. The molecule has 4 aromatic rings. The Hall–Kier alpha value is -3.35. The first-order valence-electron chi connectivity index (χ1n) is 7.51. The zero-order valence-corrected chi connectivity index (χ0v) is 12.9. The second-order valence-electron chi connectivity index (χ2n) is 5.39. The van der Waals surface area contributed by atoms with Gasteiger partial charge in [-0.1, -0.05) is 12.1 Å². The predicted molar refractivity (Wildman–Crippen MR) is 86.9 cm³/mol. The van der Waals surface area contributed by atoms with Gasteiger partial charge in [-0.3, -0.25) is 4.40 Å². The number of pyridine rings is 1. The summed E-state index contributed by atoms with van der Waals surface area (Å²) in [6, 6.07) is 8.93. The lowest BCUT2D eigenvalue weighted by Gasteiger charge is -2.02. The number of halogens is 2. The molecule has 0 N–H and O–H groups in total. The van der Waals surface area contributed by atoms with E-state index in [2.05, 4.69) is 15.0 Å². The summed E-state index contributed by atoms with van der Waals surface area (Å²) in [4.78, 5) is 12.5. The second-order valence-corrected chi connectivity index (χ2v) is 5.39. The molecule has 3 aromatic heterocycles. The molecule has 0 atom stereocenters. The van der Waals surface area contributed by atoms with Crippen LogP contribution in [0.25, 0.3) is 16.9 Å². The molecule has 0 saturated heterocycles. The summed E-state index contributed by atoms with van der Waals surface area (Å²) < 4.78 is 33.1. The van der Waals surface area contributed by atoms with Crippen molar-refractivity contribution in [1.29, 1.82) is 0 Å². The van der Waals surface area contributed by atoms with E-state index in [0.29, 0.717) is 17.4 Å². The molecule has 3 heterocycles. The van der Waals surface area contributed by atoms with Crippen LogP contribution < -0.4 is 4.74 Å². The van der Waals surface area contributed by atoms with Gasteiger partial charge in [0.2, 0.25) is 11.7 Å². The lowest BCUT2D eigenvalue weighted by atomic mass is 10.1. The average molecular weight is 338 g/mol. The summed E-state index contributed by atoms with van der Waals surface area (Å²) in [5.41, 5.74) is 2.37. The largest absolute Gasteiger partial charge is 0.471 e. The number of hydrogen-bond acceptors (Lipinski definition) is 4. The standard InChI is InChI=1S/C18H12F2N4O/c19-14-3-1-12(2-4-14)13-7-22-18-23-16(10-24(18)9-13)11-25-17-6-5-15(20)8-21-17/h1-10H,11H2. The van der Waals surface area contributed by atoms with Gasteiger partial charge in [0.15, 0.2) is 0 Å². The van der Waals surface area contributed by atoms with Crippen LogP contribution >= 0.6 is 0 Å². The van der Waals surface area contributed by atoms with Crippen LogP contribution in [0.15, 0.2) is 61.2 Å². The van der Waals surface area contributed by atoms with Gasteiger partial charge < -0.3 is 4.74 Å². The fraction of sp³-hybridized carbons (Fsp3) is 0.0556. The normalized spacial score (nSPS) is 11.0. The molecule has 0 fully saturated rings. The molecule has 0 aliphatic rings. The second kappa shape index (κ2) is 6.27. The van der Waals surface area contributed by atoms with Crippen LogP contribution in [0.2, 0.25) is 0 Å². The third-order valence-electron chi connectivity index (χ3n) is 3.61. The molecular weight excluding hydrogens is 326 g/mol. The van der Waals surface area contributed by atoms with Gasteiger partial charge in [0, 0.05) is 30.2 Å². The van der Waals surface area contributed by atoms with Crippen LogP contribution in [0.5, 0.6) is 5.88 Å². The van der Waals surface area contributed by atoms with Crippen LogP contribution in [0.4, 0.5) is 8.78 Å². The zero-order chi connectivity index (χ0) is 17.2. The van der Waals surface area contributed by atoms with Gasteiger partial charge in [-0.2, -0.15) is 0 Å². The molecule has 124 valence electrons. The summed E-state index contributed by atoms with van der Waals surface area (Å²) in [7, 11) is 0. The van der Waals surface area contributed by atoms with Crippen molar-refractivity contribution in [3.63, 3.8) is 0 Å². The highest BCUT2D eigenvalue weighted by molar-refractivity contribution is 5.62. The van der Waals surface area contributed by atoms with E-state index in [0.717, 1.165) is 17.3 Å². The highest BCUT2D eigenvalue weighted by atomic mass is 19.1. The first kappa shape index (κ1) is 15.2. The molecule has 25 heavy (non-hydrogen) atoms. The van der Waals surface area contributed by atoms with E-state index in [9.17, 15) is 8.78 Å². The Labute approximate surface area is 141 Å². The van der Waals surface area contributed by atoms with Crippen LogP contribution in [-0.2, 0) is 6.61 Å². The Kier molecular flexibility index (Phi) is 3.81. The molecule has 0 spiro atoms. The van der Waals surface area contributed by atoms with Gasteiger partial charge in [0.1, 0.15) is 18.2 Å². The number of aromatic nitrogens is 4. The topological polar surface area (TPSA) is 52.3 Å². The predicted octanol–water partition coefficient (Wildman–Crippen LogP) is 3.65. The van der Waals surface area contributed by atoms with Crippen molar-refractivity contribution in [1.82, 2.24) is 19.4 Å². The van der Waals surface area contributed by atoms with Crippen molar-refractivity contribution in [2.75, 3.05) is 0 Å². The van der Waals surface area contributed by atoms with Crippen molar-refractivity contribution in [3.05, 3.63) is 78.5 Å². The Bertz CT molecular complexity index is 1010. The zero-order valence-electron chi connectivity index (χ0n) is 12.9. The minimum Gasteiger partial charge on any atom is -0.471 e. The van der Waals surface area contributed by atoms with Crippen molar-refractivity contribution in [2.45, 2.75) is 6.61 Å². The van der Waals surface area contributed by atoms with Gasteiger partial charge in [-0.15, -0.1) is 0 Å². The van der Waals surface area contributed by atoms with Crippen LogP contribution in [0.1, 0.15) is 5.69 Å². The third kappa shape index (κ3) is 3.30. The quantitative estimate of drug-likeness (QED) is 0.570. The van der Waals surface area contributed by atoms with Crippen molar-refractivity contribution >= 4 is 5.78 Å². The molecule has 4 rings (SSSR count). The number of benzene rings is 1. The first-order chi connectivity index (χ1) is 12.2. The molecular formula is C18H12F2N4O. The van der Waals surface area contributed by atoms with Gasteiger partial charge in [-0.05, 0) is 23.8 Å². The fourth-order valence-electron chi connectivity index (χ4n) is 2.39. The molecule has 0 aliphatic heterocycles. The smallest absolute Gasteiger partial charge is 0.234 e. The summed E-state index contributed by atoms with van der Waals surface area (Å²) in [6.45, 7) is 0.188. The molecule has 0 aliphatic carbocycles. The van der Waals surface area contributed by atoms with Gasteiger partial charge >= 0.3 is 0 Å². The molecule has 0 saturated carbocycles. The molecule has 5 nitrogen and oxygen atoms in total. The summed E-state index contributed by atoms with van der Waals surface area (Å²) in [6.07, 6.45) is 6.43. The maximum absolute atomic E-state index is 13.0. The van der Waals surface area contributed by atoms with E-state index in [4.69, 9.17) is 4.74 Å². The van der Waals surface area contributed by atoms with E-state index in [1.54, 1.807) is 28.9 Å². The highest BCUT2D eigenvalue weighted by Crippen LogP contribution is 2.19. The molecule has 0 unspecified atom stereocenters. The monoisotopic (exact) mass is 338 g/mol. The van der Waals surface area contributed by atoms with E-state index < -0.39 is 5.82 Å². The number of fused-ring (bicyclic) bond motifs is 1. The number of rotatable bonds is 4. The molecule has 7 heteroatoms. The molecule has 0 amide bonds. The van der Waals surface area contributed by atoms with Crippen molar-refractivity contribution in [2.24, 2.45) is 0 Å². The highest BCUT2D eigenvalue weighted by Gasteiger charge is 2.07. The molecule has 0 radical (unpaired) electrons. The first-order valence-corrected chi connectivity index (χ1v) is 7.51. The number of ether oxygens (including phenoxy) is 1. The summed E-state index contributed by atoms with van der Waals surface area (Å²) >= 11 is 0. The van der Waals surface area contributed by atoms with Crippen LogP contribution in [0.3, 0.4) is 0 Å². The van der Waals surface area contributed by atoms with Gasteiger partial charge in [0.25, 0.3) is 0 Å². The van der Waals surface area contributed by atoms with E-state index in [1.807, 2.05) is 6.20 Å². The maximum Gasteiger partial charge on any atom is 0.234 e. The third-order valence-corrected chi connectivity index (χ3v) is 3.61. The molecule has 0 bridgehead atoms.